The van der Waals surface area contributed by atoms with Crippen molar-refractivity contribution in [2.45, 2.75) is 12.8 Å². The highest BCUT2D eigenvalue weighted by atomic mass is 32.1. The van der Waals surface area contributed by atoms with Gasteiger partial charge in [-0.1, -0.05) is 18.7 Å². The lowest BCUT2D eigenvalue weighted by atomic mass is 10.3. The van der Waals surface area contributed by atoms with Crippen molar-refractivity contribution in [1.82, 2.24) is 0 Å². The minimum atomic E-state index is 0.987. The van der Waals surface area contributed by atoms with Gasteiger partial charge in [0.2, 0.25) is 0 Å². The Hall–Kier alpha value is -0.560. The molecule has 0 unspecified atom stereocenters. The zero-order chi connectivity index (χ0) is 6.53. The molecule has 9 heavy (non-hydrogen) atoms. The summed E-state index contributed by atoms with van der Waals surface area (Å²) >= 11 is 1.79. The van der Waals surface area contributed by atoms with E-state index in [2.05, 4.69) is 17.5 Å². The Bertz CT molecular complexity index is 163. The van der Waals surface area contributed by atoms with Crippen molar-refractivity contribution in [2.24, 2.45) is 0 Å². The van der Waals surface area contributed by atoms with E-state index >= 15 is 0 Å². The smallest absolute Gasteiger partial charge is 0.00483 e. The Morgan fingerprint density at radius 1 is 1.67 bits per heavy atom. The minimum absolute atomic E-state index is 0.987. The SMILES string of the molecule is [CH]=CCCc1cccs1. The highest BCUT2D eigenvalue weighted by Gasteiger charge is 1.88. The van der Waals surface area contributed by atoms with Crippen molar-refractivity contribution in [3.63, 3.8) is 0 Å². The Labute approximate surface area is 59.8 Å². The van der Waals surface area contributed by atoms with E-state index in [0.29, 0.717) is 0 Å². The van der Waals surface area contributed by atoms with Gasteiger partial charge in [0.1, 0.15) is 0 Å². The first-order valence-electron chi connectivity index (χ1n) is 2.99. The average Bonchev–Trinajstić information content (AvgIpc) is 2.34. The lowest BCUT2D eigenvalue weighted by Gasteiger charge is -1.87. The van der Waals surface area contributed by atoms with Gasteiger partial charge in [-0.15, -0.1) is 11.3 Å². The lowest BCUT2D eigenvalue weighted by molar-refractivity contribution is 1.03. The van der Waals surface area contributed by atoms with Crippen molar-refractivity contribution >= 4 is 11.3 Å². The standard InChI is InChI=1S/C8H9S/c1-2-3-5-8-6-4-7-9-8/h1-2,4,6-7H,3,5H2. The van der Waals surface area contributed by atoms with Crippen LogP contribution >= 0.6 is 11.3 Å². The first-order chi connectivity index (χ1) is 4.43. The summed E-state index contributed by atoms with van der Waals surface area (Å²) in [6.07, 6.45) is 3.79. The quantitative estimate of drug-likeness (QED) is 0.601. The third kappa shape index (κ3) is 2.02. The van der Waals surface area contributed by atoms with Gasteiger partial charge in [-0.25, -0.2) is 0 Å². The fourth-order valence-electron chi connectivity index (χ4n) is 0.680. The van der Waals surface area contributed by atoms with Crippen LogP contribution in [0.25, 0.3) is 0 Å². The van der Waals surface area contributed by atoms with Gasteiger partial charge < -0.3 is 0 Å². The van der Waals surface area contributed by atoms with E-state index in [1.54, 1.807) is 17.4 Å². The summed E-state index contributed by atoms with van der Waals surface area (Å²) in [4.78, 5) is 1.41. The number of hydrogen-bond acceptors (Lipinski definition) is 1. The maximum absolute atomic E-state index is 5.22. The molecule has 0 spiro atoms. The molecule has 1 aromatic heterocycles. The fourth-order valence-corrected chi connectivity index (χ4v) is 1.41. The molecular formula is C8H9S. The predicted molar refractivity (Wildman–Crippen MR) is 41.5 cm³/mol. The van der Waals surface area contributed by atoms with Gasteiger partial charge in [-0.3, -0.25) is 0 Å². The molecule has 0 saturated heterocycles. The van der Waals surface area contributed by atoms with E-state index in [0.717, 1.165) is 12.8 Å². The van der Waals surface area contributed by atoms with Crippen LogP contribution in [0.15, 0.2) is 23.6 Å². The van der Waals surface area contributed by atoms with Crippen molar-refractivity contribution < 1.29 is 0 Å². The second-order valence-electron chi connectivity index (χ2n) is 1.85. The summed E-state index contributed by atoms with van der Waals surface area (Å²) in [7, 11) is 0. The maximum atomic E-state index is 5.22. The molecule has 0 nitrogen and oxygen atoms in total. The second kappa shape index (κ2) is 3.46. The van der Waals surface area contributed by atoms with Crippen LogP contribution in [0, 0.1) is 6.58 Å². The number of thiophene rings is 1. The highest BCUT2D eigenvalue weighted by molar-refractivity contribution is 7.09. The molecular weight excluding hydrogens is 128 g/mol. The van der Waals surface area contributed by atoms with Crippen LogP contribution in [-0.4, -0.2) is 0 Å². The number of allylic oxidation sites excluding steroid dienone is 1. The summed E-state index contributed by atoms with van der Waals surface area (Å²) in [6.45, 7) is 5.22. The van der Waals surface area contributed by atoms with Gasteiger partial charge >= 0.3 is 0 Å². The monoisotopic (exact) mass is 137 g/mol. The van der Waals surface area contributed by atoms with Crippen molar-refractivity contribution in [1.29, 1.82) is 0 Å². The summed E-state index contributed by atoms with van der Waals surface area (Å²) in [5, 5.41) is 2.09. The maximum Gasteiger partial charge on any atom is 0.00483 e. The number of hydrogen-bond donors (Lipinski definition) is 0. The van der Waals surface area contributed by atoms with Gasteiger partial charge in [0, 0.05) is 4.88 Å². The van der Waals surface area contributed by atoms with Crippen molar-refractivity contribution in [3.05, 3.63) is 35.0 Å². The number of aryl methyl sites for hydroxylation is 1. The molecule has 0 fully saturated rings. The molecule has 0 bridgehead atoms. The highest BCUT2D eigenvalue weighted by Crippen LogP contribution is 2.10. The second-order valence-corrected chi connectivity index (χ2v) is 2.89. The zero-order valence-corrected chi connectivity index (χ0v) is 6.03. The molecule has 1 heterocycles. The van der Waals surface area contributed by atoms with E-state index in [-0.39, 0.29) is 0 Å². The Morgan fingerprint density at radius 2 is 2.56 bits per heavy atom. The van der Waals surface area contributed by atoms with Gasteiger partial charge in [0.25, 0.3) is 0 Å². The molecule has 1 heteroatoms. The largest absolute Gasteiger partial charge is 0.149 e. The molecule has 0 saturated carbocycles. The molecule has 0 N–H and O–H groups in total. The van der Waals surface area contributed by atoms with Crippen LogP contribution in [-0.2, 0) is 6.42 Å². The van der Waals surface area contributed by atoms with Crippen LogP contribution in [0.2, 0.25) is 0 Å². The third-order valence-corrected chi connectivity index (χ3v) is 2.07. The Balaban J connectivity index is 2.38. The van der Waals surface area contributed by atoms with Crippen LogP contribution in [0.3, 0.4) is 0 Å². The fraction of sp³-hybridized carbons (Fsp3) is 0.250. The normalized spacial score (nSPS) is 9.33. The summed E-state index contributed by atoms with van der Waals surface area (Å²) in [5.74, 6) is 0. The average molecular weight is 137 g/mol. The van der Waals surface area contributed by atoms with Gasteiger partial charge in [-0.2, -0.15) is 0 Å². The van der Waals surface area contributed by atoms with E-state index < -0.39 is 0 Å². The molecule has 0 amide bonds. The minimum Gasteiger partial charge on any atom is -0.149 e. The van der Waals surface area contributed by atoms with E-state index in [4.69, 9.17) is 6.58 Å². The van der Waals surface area contributed by atoms with Crippen molar-refractivity contribution in [2.75, 3.05) is 0 Å². The molecule has 0 aliphatic rings. The first kappa shape index (κ1) is 6.56. The Morgan fingerprint density at radius 3 is 3.11 bits per heavy atom. The zero-order valence-electron chi connectivity index (χ0n) is 5.21. The van der Waals surface area contributed by atoms with Crippen LogP contribution in [0.4, 0.5) is 0 Å². The topological polar surface area (TPSA) is 0 Å². The van der Waals surface area contributed by atoms with E-state index in [1.165, 1.54) is 4.88 Å². The molecule has 1 aromatic rings. The van der Waals surface area contributed by atoms with Crippen LogP contribution in [0.1, 0.15) is 11.3 Å². The predicted octanol–water partition coefficient (Wildman–Crippen LogP) is 2.67. The number of rotatable bonds is 3. The molecule has 0 aromatic carbocycles. The van der Waals surface area contributed by atoms with Crippen LogP contribution < -0.4 is 0 Å². The van der Waals surface area contributed by atoms with Crippen molar-refractivity contribution in [3.8, 4) is 0 Å². The molecule has 47 valence electrons. The summed E-state index contributed by atoms with van der Waals surface area (Å²) < 4.78 is 0. The molecule has 0 aliphatic carbocycles. The summed E-state index contributed by atoms with van der Waals surface area (Å²) in [5.41, 5.74) is 0. The first-order valence-corrected chi connectivity index (χ1v) is 3.87. The van der Waals surface area contributed by atoms with Crippen LogP contribution in [0.5, 0.6) is 0 Å². The lowest BCUT2D eigenvalue weighted by Crippen LogP contribution is -1.73. The van der Waals surface area contributed by atoms with E-state index in [1.807, 2.05) is 0 Å². The van der Waals surface area contributed by atoms with Gasteiger partial charge in [-0.05, 0) is 24.3 Å². The van der Waals surface area contributed by atoms with E-state index in [9.17, 15) is 0 Å². The van der Waals surface area contributed by atoms with Gasteiger partial charge in [0.15, 0.2) is 0 Å². The third-order valence-electron chi connectivity index (χ3n) is 1.14. The molecule has 0 atom stereocenters. The molecule has 1 rings (SSSR count). The summed E-state index contributed by atoms with van der Waals surface area (Å²) in [6, 6.07) is 4.20. The molecule has 1 radical (unpaired) electrons. The Kier molecular flexibility index (Phi) is 2.52. The molecule has 0 aliphatic heterocycles. The van der Waals surface area contributed by atoms with Gasteiger partial charge in [0.05, 0.1) is 0 Å².